The summed E-state index contributed by atoms with van der Waals surface area (Å²) in [6.45, 7) is 3.32. The van der Waals surface area contributed by atoms with E-state index in [2.05, 4.69) is 5.32 Å². The van der Waals surface area contributed by atoms with Crippen molar-refractivity contribution in [3.05, 3.63) is 29.3 Å². The standard InChI is InChI=1S/C13H17NO4/c1-8(14-9(2)15)6-10-4-5-12(18-3)11(7-10)13(16)17/h4-5,7-8H,6H2,1-3H3,(H,14,15)(H,16,17). The third-order valence-electron chi connectivity index (χ3n) is 2.49. The molecular weight excluding hydrogens is 234 g/mol. The highest BCUT2D eigenvalue weighted by atomic mass is 16.5. The number of carboxylic acids is 1. The van der Waals surface area contributed by atoms with Gasteiger partial charge < -0.3 is 15.2 Å². The van der Waals surface area contributed by atoms with Gasteiger partial charge in [-0.1, -0.05) is 6.07 Å². The first kappa shape index (κ1) is 14.0. The van der Waals surface area contributed by atoms with Crippen LogP contribution in [0, 0.1) is 0 Å². The van der Waals surface area contributed by atoms with Crippen molar-refractivity contribution in [2.45, 2.75) is 26.3 Å². The number of hydrogen-bond acceptors (Lipinski definition) is 3. The minimum atomic E-state index is -1.03. The lowest BCUT2D eigenvalue weighted by Gasteiger charge is -2.13. The molecule has 1 aromatic rings. The molecule has 1 aromatic carbocycles. The quantitative estimate of drug-likeness (QED) is 0.830. The monoisotopic (exact) mass is 251 g/mol. The maximum atomic E-state index is 11.0. The average Bonchev–Trinajstić information content (AvgIpc) is 2.27. The van der Waals surface area contributed by atoms with Gasteiger partial charge in [0.2, 0.25) is 5.91 Å². The van der Waals surface area contributed by atoms with E-state index in [-0.39, 0.29) is 17.5 Å². The molecule has 0 heterocycles. The molecule has 98 valence electrons. The minimum absolute atomic E-state index is 0.0439. The van der Waals surface area contributed by atoms with Crippen LogP contribution in [-0.2, 0) is 11.2 Å². The fourth-order valence-corrected chi connectivity index (χ4v) is 1.80. The number of ether oxygens (including phenoxy) is 1. The first-order valence-electron chi connectivity index (χ1n) is 5.61. The Morgan fingerprint density at radius 2 is 2.11 bits per heavy atom. The summed E-state index contributed by atoms with van der Waals surface area (Å²) in [5, 5.41) is 11.8. The molecule has 0 fully saturated rings. The number of methoxy groups -OCH3 is 1. The molecule has 0 saturated carbocycles. The molecule has 0 aliphatic rings. The number of benzene rings is 1. The maximum Gasteiger partial charge on any atom is 0.339 e. The molecule has 0 aliphatic carbocycles. The third-order valence-corrected chi connectivity index (χ3v) is 2.49. The number of hydrogen-bond donors (Lipinski definition) is 2. The Hall–Kier alpha value is -2.04. The van der Waals surface area contributed by atoms with E-state index >= 15 is 0 Å². The summed E-state index contributed by atoms with van der Waals surface area (Å²) in [5.41, 5.74) is 0.972. The number of rotatable bonds is 5. The van der Waals surface area contributed by atoms with Crippen LogP contribution in [0.3, 0.4) is 0 Å². The average molecular weight is 251 g/mol. The normalized spacial score (nSPS) is 11.7. The molecule has 0 bridgehead atoms. The van der Waals surface area contributed by atoms with Crippen LogP contribution in [0.2, 0.25) is 0 Å². The van der Waals surface area contributed by atoms with Gasteiger partial charge in [0.15, 0.2) is 0 Å². The first-order chi connectivity index (χ1) is 8.43. The van der Waals surface area contributed by atoms with E-state index in [9.17, 15) is 9.59 Å². The summed E-state index contributed by atoms with van der Waals surface area (Å²) in [7, 11) is 1.43. The Bertz CT molecular complexity index is 456. The molecule has 5 nitrogen and oxygen atoms in total. The largest absolute Gasteiger partial charge is 0.496 e. The molecule has 1 unspecified atom stereocenters. The van der Waals surface area contributed by atoms with Crippen molar-refractivity contribution < 1.29 is 19.4 Å². The number of carbonyl (C=O) groups is 2. The number of amides is 1. The lowest BCUT2D eigenvalue weighted by Crippen LogP contribution is -2.32. The zero-order valence-corrected chi connectivity index (χ0v) is 10.7. The third kappa shape index (κ3) is 3.76. The second kappa shape index (κ2) is 6.05. The lowest BCUT2D eigenvalue weighted by molar-refractivity contribution is -0.119. The highest BCUT2D eigenvalue weighted by Gasteiger charge is 2.13. The fraction of sp³-hybridized carbons (Fsp3) is 0.385. The van der Waals surface area contributed by atoms with Gasteiger partial charge in [-0.2, -0.15) is 0 Å². The molecule has 0 aliphatic heterocycles. The number of aromatic carboxylic acids is 1. The molecule has 0 saturated heterocycles. The highest BCUT2D eigenvalue weighted by molar-refractivity contribution is 5.91. The van der Waals surface area contributed by atoms with Gasteiger partial charge in [-0.25, -0.2) is 4.79 Å². The first-order valence-corrected chi connectivity index (χ1v) is 5.61. The van der Waals surface area contributed by atoms with Crippen molar-refractivity contribution in [2.75, 3.05) is 7.11 Å². The molecule has 1 atom stereocenters. The minimum Gasteiger partial charge on any atom is -0.496 e. The molecule has 18 heavy (non-hydrogen) atoms. The van der Waals surface area contributed by atoms with Crippen LogP contribution >= 0.6 is 0 Å². The summed E-state index contributed by atoms with van der Waals surface area (Å²) >= 11 is 0. The van der Waals surface area contributed by atoms with E-state index in [1.807, 2.05) is 6.92 Å². The van der Waals surface area contributed by atoms with Gasteiger partial charge in [0.25, 0.3) is 0 Å². The van der Waals surface area contributed by atoms with Crippen LogP contribution in [0.15, 0.2) is 18.2 Å². The second-order valence-electron chi connectivity index (χ2n) is 4.15. The van der Waals surface area contributed by atoms with Gasteiger partial charge in [0.1, 0.15) is 11.3 Å². The van der Waals surface area contributed by atoms with Crippen LogP contribution in [0.25, 0.3) is 0 Å². The molecule has 2 N–H and O–H groups in total. The summed E-state index contributed by atoms with van der Waals surface area (Å²) in [4.78, 5) is 21.9. The number of carboxylic acid groups (broad SMARTS) is 1. The lowest BCUT2D eigenvalue weighted by atomic mass is 10.0. The van der Waals surface area contributed by atoms with Crippen molar-refractivity contribution in [2.24, 2.45) is 0 Å². The van der Waals surface area contributed by atoms with Crippen molar-refractivity contribution >= 4 is 11.9 Å². The molecule has 5 heteroatoms. The SMILES string of the molecule is COc1ccc(CC(C)NC(C)=O)cc1C(=O)O. The van der Waals surface area contributed by atoms with E-state index in [4.69, 9.17) is 9.84 Å². The smallest absolute Gasteiger partial charge is 0.339 e. The van der Waals surface area contributed by atoms with Crippen LogP contribution in [0.1, 0.15) is 29.8 Å². The van der Waals surface area contributed by atoms with E-state index < -0.39 is 5.97 Å². The zero-order valence-electron chi connectivity index (χ0n) is 10.7. The van der Waals surface area contributed by atoms with Gasteiger partial charge >= 0.3 is 5.97 Å². The predicted molar refractivity (Wildman–Crippen MR) is 66.9 cm³/mol. The Labute approximate surface area is 106 Å². The highest BCUT2D eigenvalue weighted by Crippen LogP contribution is 2.20. The summed E-state index contributed by atoms with van der Waals surface area (Å²) in [6.07, 6.45) is 0.573. The number of nitrogens with one attached hydrogen (secondary N) is 1. The Morgan fingerprint density at radius 1 is 1.44 bits per heavy atom. The molecule has 0 aromatic heterocycles. The Kier molecular flexibility index (Phi) is 4.71. The molecule has 0 radical (unpaired) electrons. The van der Waals surface area contributed by atoms with E-state index in [1.54, 1.807) is 18.2 Å². The van der Waals surface area contributed by atoms with E-state index in [0.29, 0.717) is 12.2 Å². The Balaban J connectivity index is 2.88. The zero-order chi connectivity index (χ0) is 13.7. The summed E-state index contributed by atoms with van der Waals surface area (Å²) in [5.74, 6) is -0.797. The summed E-state index contributed by atoms with van der Waals surface area (Å²) in [6, 6.07) is 4.94. The van der Waals surface area contributed by atoms with Gasteiger partial charge in [-0.15, -0.1) is 0 Å². The van der Waals surface area contributed by atoms with Crippen molar-refractivity contribution in [1.82, 2.24) is 5.32 Å². The molecule has 1 amide bonds. The van der Waals surface area contributed by atoms with Gasteiger partial charge in [-0.05, 0) is 31.0 Å². The van der Waals surface area contributed by atoms with Crippen molar-refractivity contribution in [1.29, 1.82) is 0 Å². The van der Waals surface area contributed by atoms with Gasteiger partial charge in [0.05, 0.1) is 7.11 Å². The van der Waals surface area contributed by atoms with Crippen molar-refractivity contribution in [3.8, 4) is 5.75 Å². The maximum absolute atomic E-state index is 11.0. The molecule has 1 rings (SSSR count). The van der Waals surface area contributed by atoms with E-state index in [1.165, 1.54) is 14.0 Å². The topological polar surface area (TPSA) is 75.6 Å². The molecular formula is C13H17NO4. The van der Waals surface area contributed by atoms with Crippen LogP contribution < -0.4 is 10.1 Å². The van der Waals surface area contributed by atoms with Crippen LogP contribution in [0.5, 0.6) is 5.75 Å². The van der Waals surface area contributed by atoms with E-state index in [0.717, 1.165) is 5.56 Å². The number of carbonyl (C=O) groups excluding carboxylic acids is 1. The Morgan fingerprint density at radius 3 is 2.61 bits per heavy atom. The fourth-order valence-electron chi connectivity index (χ4n) is 1.80. The second-order valence-corrected chi connectivity index (χ2v) is 4.15. The predicted octanol–water partition coefficient (Wildman–Crippen LogP) is 1.46. The van der Waals surface area contributed by atoms with Gasteiger partial charge in [-0.3, -0.25) is 4.79 Å². The van der Waals surface area contributed by atoms with Crippen LogP contribution in [-0.4, -0.2) is 30.1 Å². The summed E-state index contributed by atoms with van der Waals surface area (Å²) < 4.78 is 4.98. The van der Waals surface area contributed by atoms with Crippen molar-refractivity contribution in [3.63, 3.8) is 0 Å². The van der Waals surface area contributed by atoms with Gasteiger partial charge in [0, 0.05) is 13.0 Å². The molecule has 0 spiro atoms. The van der Waals surface area contributed by atoms with Crippen LogP contribution in [0.4, 0.5) is 0 Å².